The number of phenolic OH excluding ortho intramolecular Hbond substituents is 1. The van der Waals surface area contributed by atoms with Gasteiger partial charge in [-0.15, -0.1) is 0 Å². The zero-order valence-electron chi connectivity index (χ0n) is 21.0. The number of rotatable bonds is 5. The van der Waals surface area contributed by atoms with Crippen LogP contribution in [0.15, 0.2) is 134 Å². The molecule has 4 aromatic carbocycles. The van der Waals surface area contributed by atoms with Gasteiger partial charge in [-0.3, -0.25) is 4.98 Å². The SMILES string of the molecule is Oc1ccc(-c2cccc(-c3nc(-c4ccccc4)cc(-c4ccccc4)n3)c2)cc1-c1ccccn1.[Li]. The number of hydrogen-bond donors (Lipinski definition) is 1. The number of nitrogens with zero attached hydrogens (tertiary/aromatic N) is 3. The van der Waals surface area contributed by atoms with E-state index in [9.17, 15) is 5.11 Å². The van der Waals surface area contributed by atoms with Crippen LogP contribution in [0, 0.1) is 0 Å². The van der Waals surface area contributed by atoms with Crippen LogP contribution in [0.4, 0.5) is 0 Å². The molecule has 6 rings (SSSR count). The van der Waals surface area contributed by atoms with Crippen molar-refractivity contribution in [3.8, 4) is 62.0 Å². The van der Waals surface area contributed by atoms with Crippen molar-refractivity contribution in [1.82, 2.24) is 15.0 Å². The van der Waals surface area contributed by atoms with Gasteiger partial charge in [-0.25, -0.2) is 9.97 Å². The largest absolute Gasteiger partial charge is 0.507 e. The molecule has 5 heteroatoms. The Balaban J connectivity index is 0.00000294. The standard InChI is InChI=1S/C33H23N3O.Li/c37-32-18-17-26(21-28(32)29-16-7-8-19-34-29)25-14-9-15-27(20-25)33-35-30(23-10-3-1-4-11-23)22-31(36-33)24-12-5-2-6-13-24;/h1-22,37H;. The molecule has 0 bridgehead atoms. The number of phenols is 1. The fraction of sp³-hybridized carbons (Fsp3) is 0. The van der Waals surface area contributed by atoms with Crippen molar-refractivity contribution in [3.05, 3.63) is 134 Å². The Morgan fingerprint density at radius 2 is 1.03 bits per heavy atom. The van der Waals surface area contributed by atoms with Crippen molar-refractivity contribution >= 4 is 18.9 Å². The predicted molar refractivity (Wildman–Crippen MR) is 154 cm³/mol. The summed E-state index contributed by atoms with van der Waals surface area (Å²) >= 11 is 0. The quantitative estimate of drug-likeness (QED) is 0.257. The van der Waals surface area contributed by atoms with Gasteiger partial charge in [-0.05, 0) is 47.5 Å². The molecule has 1 N–H and O–H groups in total. The molecule has 2 aromatic heterocycles. The van der Waals surface area contributed by atoms with Gasteiger partial charge in [0.15, 0.2) is 5.82 Å². The number of pyridine rings is 1. The van der Waals surface area contributed by atoms with Crippen LogP contribution in [0.25, 0.3) is 56.3 Å². The minimum Gasteiger partial charge on any atom is -0.507 e. The molecule has 0 saturated carbocycles. The first kappa shape index (κ1) is 25.2. The Morgan fingerprint density at radius 3 is 1.66 bits per heavy atom. The summed E-state index contributed by atoms with van der Waals surface area (Å²) in [6.45, 7) is 0. The van der Waals surface area contributed by atoms with Crippen LogP contribution in [0.1, 0.15) is 0 Å². The van der Waals surface area contributed by atoms with E-state index in [2.05, 4.69) is 41.4 Å². The van der Waals surface area contributed by atoms with Crippen molar-refractivity contribution in [1.29, 1.82) is 0 Å². The van der Waals surface area contributed by atoms with Crippen LogP contribution < -0.4 is 0 Å². The molecule has 0 aliphatic rings. The Morgan fingerprint density at radius 1 is 0.447 bits per heavy atom. The summed E-state index contributed by atoms with van der Waals surface area (Å²) in [5, 5.41) is 10.5. The fourth-order valence-electron chi connectivity index (χ4n) is 4.37. The first-order chi connectivity index (χ1) is 18.2. The third kappa shape index (κ3) is 5.28. The first-order valence-corrected chi connectivity index (χ1v) is 12.1. The van der Waals surface area contributed by atoms with Gasteiger partial charge in [0.25, 0.3) is 0 Å². The Bertz CT molecular complexity index is 1620. The number of aromatic nitrogens is 3. The molecule has 0 fully saturated rings. The summed E-state index contributed by atoms with van der Waals surface area (Å²) < 4.78 is 0. The molecule has 0 amide bonds. The van der Waals surface area contributed by atoms with Crippen molar-refractivity contribution in [2.45, 2.75) is 0 Å². The summed E-state index contributed by atoms with van der Waals surface area (Å²) in [5.41, 5.74) is 8.14. The van der Waals surface area contributed by atoms with E-state index < -0.39 is 0 Å². The maximum Gasteiger partial charge on any atom is 0.160 e. The van der Waals surface area contributed by atoms with E-state index in [0.29, 0.717) is 11.4 Å². The zero-order chi connectivity index (χ0) is 25.0. The number of hydrogen-bond acceptors (Lipinski definition) is 4. The summed E-state index contributed by atoms with van der Waals surface area (Å²) in [6, 6.07) is 41.8. The van der Waals surface area contributed by atoms with Crippen molar-refractivity contribution < 1.29 is 5.11 Å². The predicted octanol–water partition coefficient (Wildman–Crippen LogP) is 7.53. The molecule has 0 saturated heterocycles. The molecule has 177 valence electrons. The number of aromatic hydroxyl groups is 1. The topological polar surface area (TPSA) is 58.9 Å². The van der Waals surface area contributed by atoms with Gasteiger partial charge in [0.1, 0.15) is 5.75 Å². The van der Waals surface area contributed by atoms with Crippen LogP contribution in [0.3, 0.4) is 0 Å². The van der Waals surface area contributed by atoms with Crippen molar-refractivity contribution in [2.24, 2.45) is 0 Å². The van der Waals surface area contributed by atoms with E-state index >= 15 is 0 Å². The second-order valence-corrected chi connectivity index (χ2v) is 8.72. The molecule has 2 heterocycles. The smallest absolute Gasteiger partial charge is 0.160 e. The molecule has 1 radical (unpaired) electrons. The van der Waals surface area contributed by atoms with Gasteiger partial charge >= 0.3 is 0 Å². The van der Waals surface area contributed by atoms with Gasteiger partial charge in [0, 0.05) is 47.3 Å². The molecule has 0 aliphatic heterocycles. The van der Waals surface area contributed by atoms with E-state index in [0.717, 1.165) is 44.9 Å². The van der Waals surface area contributed by atoms with E-state index in [1.807, 2.05) is 84.9 Å². The molecular formula is C33H23LiN3O. The maximum atomic E-state index is 10.5. The second kappa shape index (κ2) is 11.3. The average molecular weight is 485 g/mol. The average Bonchev–Trinajstić information content (AvgIpc) is 2.98. The van der Waals surface area contributed by atoms with Crippen LogP contribution in [-0.4, -0.2) is 38.9 Å². The van der Waals surface area contributed by atoms with Gasteiger partial charge < -0.3 is 5.11 Å². The minimum absolute atomic E-state index is 0. The minimum atomic E-state index is 0. The third-order valence-corrected chi connectivity index (χ3v) is 6.26. The molecular weight excluding hydrogens is 461 g/mol. The Hall–Kier alpha value is -4.49. The summed E-state index contributed by atoms with van der Waals surface area (Å²) in [6.07, 6.45) is 1.73. The summed E-state index contributed by atoms with van der Waals surface area (Å²) in [4.78, 5) is 14.3. The zero-order valence-corrected chi connectivity index (χ0v) is 21.0. The van der Waals surface area contributed by atoms with Crippen molar-refractivity contribution in [3.63, 3.8) is 0 Å². The van der Waals surface area contributed by atoms with E-state index in [1.165, 1.54) is 0 Å². The Labute approximate surface area is 233 Å². The van der Waals surface area contributed by atoms with Crippen molar-refractivity contribution in [2.75, 3.05) is 0 Å². The van der Waals surface area contributed by atoms with E-state index in [-0.39, 0.29) is 24.6 Å². The van der Waals surface area contributed by atoms with Crippen LogP contribution >= 0.6 is 0 Å². The fourth-order valence-corrected chi connectivity index (χ4v) is 4.37. The van der Waals surface area contributed by atoms with Crippen LogP contribution in [-0.2, 0) is 0 Å². The summed E-state index contributed by atoms with van der Waals surface area (Å²) in [7, 11) is 0. The van der Waals surface area contributed by atoms with Gasteiger partial charge in [-0.2, -0.15) is 0 Å². The molecule has 6 aromatic rings. The molecule has 4 nitrogen and oxygen atoms in total. The Kier molecular flexibility index (Phi) is 7.47. The second-order valence-electron chi connectivity index (χ2n) is 8.72. The molecule has 0 unspecified atom stereocenters. The first-order valence-electron chi connectivity index (χ1n) is 12.1. The van der Waals surface area contributed by atoms with Gasteiger partial charge in [0.2, 0.25) is 0 Å². The molecule has 0 aliphatic carbocycles. The summed E-state index contributed by atoms with van der Waals surface area (Å²) in [5.74, 6) is 0.857. The van der Waals surface area contributed by atoms with Gasteiger partial charge in [-0.1, -0.05) is 91.0 Å². The van der Waals surface area contributed by atoms with E-state index in [4.69, 9.17) is 9.97 Å². The third-order valence-electron chi connectivity index (χ3n) is 6.26. The molecule has 38 heavy (non-hydrogen) atoms. The molecule has 0 atom stereocenters. The van der Waals surface area contributed by atoms with E-state index in [1.54, 1.807) is 12.3 Å². The van der Waals surface area contributed by atoms with Crippen LogP contribution in [0.2, 0.25) is 0 Å². The van der Waals surface area contributed by atoms with Crippen LogP contribution in [0.5, 0.6) is 5.75 Å². The normalized spacial score (nSPS) is 10.5. The molecule has 0 spiro atoms. The monoisotopic (exact) mass is 484 g/mol. The maximum absolute atomic E-state index is 10.5. The number of benzene rings is 4. The van der Waals surface area contributed by atoms with Gasteiger partial charge in [0.05, 0.1) is 17.1 Å².